The van der Waals surface area contributed by atoms with Crippen molar-refractivity contribution in [2.24, 2.45) is 11.7 Å². The summed E-state index contributed by atoms with van der Waals surface area (Å²) in [5, 5.41) is 5.56. The van der Waals surface area contributed by atoms with Crippen LogP contribution in [0, 0.1) is 5.92 Å². The molecule has 0 aromatic heterocycles. The van der Waals surface area contributed by atoms with Gasteiger partial charge < -0.3 is 16.4 Å². The maximum absolute atomic E-state index is 12.5. The van der Waals surface area contributed by atoms with Gasteiger partial charge in [-0.15, -0.1) is 12.4 Å². The van der Waals surface area contributed by atoms with E-state index in [1.807, 2.05) is 0 Å². The van der Waals surface area contributed by atoms with Crippen molar-refractivity contribution in [1.29, 1.82) is 0 Å². The summed E-state index contributed by atoms with van der Waals surface area (Å²) in [7, 11) is 0. The highest BCUT2D eigenvalue weighted by atomic mass is 35.5. The standard InChI is InChI=1S/C19H26N4O3.ClH/c20-10-16(14-4-2-1-3-5-14)22-18(25)15-8-6-13(7-9-15)12-23-17(24)11-21-19(23)26;/h6-9,14,16H,1-5,10-12,20H2,(H,21,26)(H,22,25);1H. The predicted molar refractivity (Wildman–Crippen MR) is 105 cm³/mol. The molecule has 1 aliphatic carbocycles. The molecule has 4 amide bonds. The Balaban J connectivity index is 0.00000261. The lowest BCUT2D eigenvalue weighted by atomic mass is 9.84. The Kier molecular flexibility index (Phi) is 7.62. The summed E-state index contributed by atoms with van der Waals surface area (Å²) < 4.78 is 0. The summed E-state index contributed by atoms with van der Waals surface area (Å²) in [6.07, 6.45) is 5.91. The average molecular weight is 395 g/mol. The van der Waals surface area contributed by atoms with Crippen molar-refractivity contribution in [3.05, 3.63) is 35.4 Å². The molecule has 1 heterocycles. The number of hydrogen-bond donors (Lipinski definition) is 3. The molecule has 1 aliphatic heterocycles. The van der Waals surface area contributed by atoms with Gasteiger partial charge in [-0.05, 0) is 36.5 Å². The molecular formula is C19H27ClN4O3. The van der Waals surface area contributed by atoms with Gasteiger partial charge in [0.2, 0.25) is 5.91 Å². The Morgan fingerprint density at radius 1 is 1.19 bits per heavy atom. The van der Waals surface area contributed by atoms with E-state index in [2.05, 4.69) is 10.6 Å². The lowest BCUT2D eigenvalue weighted by Crippen LogP contribution is -2.45. The molecule has 1 aromatic rings. The van der Waals surface area contributed by atoms with Crippen molar-refractivity contribution < 1.29 is 14.4 Å². The summed E-state index contributed by atoms with van der Waals surface area (Å²) in [4.78, 5) is 36.9. The van der Waals surface area contributed by atoms with Gasteiger partial charge in [0, 0.05) is 18.2 Å². The molecule has 8 heteroatoms. The van der Waals surface area contributed by atoms with Crippen LogP contribution in [-0.4, -0.2) is 41.9 Å². The zero-order valence-corrected chi connectivity index (χ0v) is 16.1. The molecular weight excluding hydrogens is 368 g/mol. The molecule has 4 N–H and O–H groups in total. The van der Waals surface area contributed by atoms with Crippen molar-refractivity contribution in [2.45, 2.75) is 44.7 Å². The van der Waals surface area contributed by atoms with E-state index in [1.54, 1.807) is 24.3 Å². The fraction of sp³-hybridized carbons (Fsp3) is 0.526. The molecule has 0 spiro atoms. The quantitative estimate of drug-likeness (QED) is 0.640. The number of carbonyl (C=O) groups is 3. The average Bonchev–Trinajstić information content (AvgIpc) is 2.99. The molecule has 1 aromatic carbocycles. The summed E-state index contributed by atoms with van der Waals surface area (Å²) in [5.74, 6) is 0.0827. The predicted octanol–water partition coefficient (Wildman–Crippen LogP) is 1.80. The molecule has 2 aliphatic rings. The molecule has 148 valence electrons. The molecule has 0 bridgehead atoms. The Morgan fingerprint density at radius 2 is 1.85 bits per heavy atom. The number of imide groups is 1. The molecule has 2 fully saturated rings. The van der Waals surface area contributed by atoms with E-state index in [0.717, 1.165) is 18.4 Å². The fourth-order valence-electron chi connectivity index (χ4n) is 3.72. The Morgan fingerprint density at radius 3 is 2.41 bits per heavy atom. The minimum Gasteiger partial charge on any atom is -0.348 e. The second-order valence-corrected chi connectivity index (χ2v) is 7.05. The van der Waals surface area contributed by atoms with Gasteiger partial charge in [-0.2, -0.15) is 0 Å². The highest BCUT2D eigenvalue weighted by Gasteiger charge is 2.28. The number of urea groups is 1. The van der Waals surface area contributed by atoms with Crippen LogP contribution >= 0.6 is 12.4 Å². The van der Waals surface area contributed by atoms with Crippen LogP contribution in [0.4, 0.5) is 4.79 Å². The van der Waals surface area contributed by atoms with Gasteiger partial charge in [-0.3, -0.25) is 14.5 Å². The number of halogens is 1. The minimum absolute atomic E-state index is 0. The number of rotatable bonds is 6. The van der Waals surface area contributed by atoms with Gasteiger partial charge in [0.05, 0.1) is 13.1 Å². The van der Waals surface area contributed by atoms with E-state index in [-0.39, 0.29) is 49.4 Å². The zero-order valence-electron chi connectivity index (χ0n) is 15.3. The van der Waals surface area contributed by atoms with E-state index in [9.17, 15) is 14.4 Å². The van der Waals surface area contributed by atoms with Crippen molar-refractivity contribution >= 4 is 30.3 Å². The normalized spacial score (nSPS) is 18.6. The summed E-state index contributed by atoms with van der Waals surface area (Å²) >= 11 is 0. The number of hydrogen-bond acceptors (Lipinski definition) is 4. The second-order valence-electron chi connectivity index (χ2n) is 7.05. The SMILES string of the molecule is Cl.NCC(NC(=O)c1ccc(CN2C(=O)CNC2=O)cc1)C1CCCCC1. The van der Waals surface area contributed by atoms with E-state index in [0.29, 0.717) is 18.0 Å². The van der Waals surface area contributed by atoms with Gasteiger partial charge >= 0.3 is 6.03 Å². The minimum atomic E-state index is -0.380. The van der Waals surface area contributed by atoms with Crippen LogP contribution in [0.15, 0.2) is 24.3 Å². The molecule has 7 nitrogen and oxygen atoms in total. The third-order valence-corrected chi connectivity index (χ3v) is 5.28. The molecule has 1 unspecified atom stereocenters. The van der Waals surface area contributed by atoms with Crippen molar-refractivity contribution in [2.75, 3.05) is 13.1 Å². The van der Waals surface area contributed by atoms with Gasteiger partial charge in [-0.1, -0.05) is 31.4 Å². The molecule has 3 rings (SSSR count). The van der Waals surface area contributed by atoms with Crippen LogP contribution in [0.2, 0.25) is 0 Å². The van der Waals surface area contributed by atoms with Gasteiger partial charge in [0.25, 0.3) is 5.91 Å². The third-order valence-electron chi connectivity index (χ3n) is 5.28. The molecule has 1 saturated heterocycles. The maximum Gasteiger partial charge on any atom is 0.324 e. The van der Waals surface area contributed by atoms with Crippen LogP contribution in [0.3, 0.4) is 0 Å². The number of nitrogens with zero attached hydrogens (tertiary/aromatic N) is 1. The molecule has 0 radical (unpaired) electrons. The Bertz CT molecular complexity index is 658. The number of nitrogens with two attached hydrogens (primary N) is 1. The fourth-order valence-corrected chi connectivity index (χ4v) is 3.72. The zero-order chi connectivity index (χ0) is 18.5. The highest BCUT2D eigenvalue weighted by molar-refractivity contribution is 6.01. The van der Waals surface area contributed by atoms with Gasteiger partial charge in [-0.25, -0.2) is 4.79 Å². The lowest BCUT2D eigenvalue weighted by Gasteiger charge is -2.30. The van der Waals surface area contributed by atoms with Crippen LogP contribution in [0.5, 0.6) is 0 Å². The van der Waals surface area contributed by atoms with Crippen LogP contribution in [-0.2, 0) is 11.3 Å². The van der Waals surface area contributed by atoms with E-state index < -0.39 is 0 Å². The third kappa shape index (κ3) is 5.20. The van der Waals surface area contributed by atoms with E-state index in [1.165, 1.54) is 24.2 Å². The highest BCUT2D eigenvalue weighted by Crippen LogP contribution is 2.26. The first-order chi connectivity index (χ1) is 12.6. The van der Waals surface area contributed by atoms with E-state index >= 15 is 0 Å². The summed E-state index contributed by atoms with van der Waals surface area (Å²) in [6, 6.07) is 6.61. The van der Waals surface area contributed by atoms with Gasteiger partial charge in [0.1, 0.15) is 0 Å². The van der Waals surface area contributed by atoms with Crippen LogP contribution in [0.1, 0.15) is 48.0 Å². The molecule has 1 atom stereocenters. The number of benzene rings is 1. The molecule has 1 saturated carbocycles. The smallest absolute Gasteiger partial charge is 0.324 e. The van der Waals surface area contributed by atoms with Crippen molar-refractivity contribution in [3.63, 3.8) is 0 Å². The largest absolute Gasteiger partial charge is 0.348 e. The van der Waals surface area contributed by atoms with Gasteiger partial charge in [0.15, 0.2) is 0 Å². The number of nitrogens with one attached hydrogen (secondary N) is 2. The first-order valence-corrected chi connectivity index (χ1v) is 9.26. The first kappa shape index (κ1) is 21.2. The number of amides is 4. The van der Waals surface area contributed by atoms with Crippen LogP contribution in [0.25, 0.3) is 0 Å². The Hall–Kier alpha value is -2.12. The molecule has 27 heavy (non-hydrogen) atoms. The van der Waals surface area contributed by atoms with Crippen molar-refractivity contribution in [3.8, 4) is 0 Å². The van der Waals surface area contributed by atoms with Crippen LogP contribution < -0.4 is 16.4 Å². The van der Waals surface area contributed by atoms with E-state index in [4.69, 9.17) is 5.73 Å². The topological polar surface area (TPSA) is 105 Å². The number of carbonyl (C=O) groups excluding carboxylic acids is 3. The first-order valence-electron chi connectivity index (χ1n) is 9.26. The summed E-state index contributed by atoms with van der Waals surface area (Å²) in [5.41, 5.74) is 7.24. The summed E-state index contributed by atoms with van der Waals surface area (Å²) in [6.45, 7) is 0.696. The Labute approximate surface area is 165 Å². The lowest BCUT2D eigenvalue weighted by molar-refractivity contribution is -0.125. The monoisotopic (exact) mass is 394 g/mol. The van der Waals surface area contributed by atoms with Crippen molar-refractivity contribution in [1.82, 2.24) is 15.5 Å². The maximum atomic E-state index is 12.5. The second kappa shape index (κ2) is 9.71.